The summed E-state index contributed by atoms with van der Waals surface area (Å²) in [5.41, 5.74) is 1.41. The van der Waals surface area contributed by atoms with E-state index in [4.69, 9.17) is 11.6 Å². The van der Waals surface area contributed by atoms with Gasteiger partial charge in [-0.25, -0.2) is 0 Å². The number of nitrogens with one attached hydrogen (secondary N) is 3. The molecule has 0 atom stereocenters. The Morgan fingerprint density at radius 1 is 1.19 bits per heavy atom. The Bertz CT molecular complexity index is 502. The maximum Gasteiger partial charge on any atom is 0.313 e. The Balaban J connectivity index is 2.48. The fourth-order valence-corrected chi connectivity index (χ4v) is 2.12. The zero-order chi connectivity index (χ0) is 15.8. The molecule has 0 aliphatic carbocycles. The third-order valence-corrected chi connectivity index (χ3v) is 3.65. The number of anilines is 1. The standard InChI is InChI=1S/C15H22ClN3O2/c1-4-19(5-2)9-8-17-14(20)15(21)18-13-10-12(16)7-6-11(13)3/h6-7,10H,4-5,8-9H2,1-3H3,(H,17,20)(H,18,21)/p+1. The number of halogens is 1. The number of aryl methyl sites for hydroxylation is 1. The van der Waals surface area contributed by atoms with E-state index in [0.717, 1.165) is 25.2 Å². The van der Waals surface area contributed by atoms with E-state index >= 15 is 0 Å². The molecule has 0 heterocycles. The summed E-state index contributed by atoms with van der Waals surface area (Å²) in [5.74, 6) is -1.30. The molecule has 0 aromatic heterocycles. The fraction of sp³-hybridized carbons (Fsp3) is 0.467. The molecule has 0 bridgehead atoms. The molecule has 0 unspecified atom stereocenters. The minimum atomic E-state index is -0.671. The Morgan fingerprint density at radius 3 is 2.48 bits per heavy atom. The molecular weight excluding hydrogens is 290 g/mol. The van der Waals surface area contributed by atoms with E-state index in [1.54, 1.807) is 18.2 Å². The molecule has 3 N–H and O–H groups in total. The predicted octanol–water partition coefficient (Wildman–Crippen LogP) is 0.628. The SMILES string of the molecule is CC[NH+](CC)CCNC(=O)C(=O)Nc1cc(Cl)ccc1C. The van der Waals surface area contributed by atoms with Crippen LogP contribution in [0.4, 0.5) is 5.69 Å². The molecular formula is C15H23ClN3O2+. The van der Waals surface area contributed by atoms with Crippen LogP contribution in [0.1, 0.15) is 19.4 Å². The van der Waals surface area contributed by atoms with Crippen molar-refractivity contribution in [1.82, 2.24) is 5.32 Å². The van der Waals surface area contributed by atoms with Crippen LogP contribution in [0.25, 0.3) is 0 Å². The minimum Gasteiger partial charge on any atom is -0.342 e. The van der Waals surface area contributed by atoms with E-state index < -0.39 is 11.8 Å². The third kappa shape index (κ3) is 5.73. The third-order valence-electron chi connectivity index (χ3n) is 3.42. The summed E-state index contributed by atoms with van der Waals surface area (Å²) in [6.45, 7) is 9.32. The Labute approximate surface area is 130 Å². The minimum absolute atomic E-state index is 0.484. The highest BCUT2D eigenvalue weighted by Gasteiger charge is 2.15. The van der Waals surface area contributed by atoms with Crippen molar-refractivity contribution >= 4 is 29.1 Å². The van der Waals surface area contributed by atoms with Gasteiger partial charge in [0.05, 0.1) is 26.2 Å². The molecule has 0 saturated heterocycles. The number of likely N-dealkylation sites (N-methyl/N-ethyl adjacent to an activating group) is 1. The van der Waals surface area contributed by atoms with E-state index in [9.17, 15) is 9.59 Å². The molecule has 21 heavy (non-hydrogen) atoms. The molecule has 116 valence electrons. The van der Waals surface area contributed by atoms with Crippen LogP contribution in [-0.2, 0) is 9.59 Å². The van der Waals surface area contributed by atoms with Crippen LogP contribution in [-0.4, -0.2) is 38.0 Å². The first kappa shape index (κ1) is 17.5. The Hall–Kier alpha value is -1.59. The van der Waals surface area contributed by atoms with Crippen LogP contribution in [0.15, 0.2) is 18.2 Å². The average Bonchev–Trinajstić information content (AvgIpc) is 2.47. The first-order chi connectivity index (χ1) is 9.97. The number of carbonyl (C=O) groups excluding carboxylic acids is 2. The molecule has 0 aliphatic heterocycles. The van der Waals surface area contributed by atoms with Crippen molar-refractivity contribution in [2.45, 2.75) is 20.8 Å². The van der Waals surface area contributed by atoms with Crippen molar-refractivity contribution in [3.8, 4) is 0 Å². The molecule has 0 fully saturated rings. The zero-order valence-corrected chi connectivity index (χ0v) is 13.5. The van der Waals surface area contributed by atoms with Crippen molar-refractivity contribution in [2.75, 3.05) is 31.5 Å². The summed E-state index contributed by atoms with van der Waals surface area (Å²) in [4.78, 5) is 24.9. The molecule has 1 aromatic carbocycles. The quantitative estimate of drug-likeness (QED) is 0.675. The molecule has 0 radical (unpaired) electrons. The molecule has 0 saturated carbocycles. The van der Waals surface area contributed by atoms with Crippen LogP contribution < -0.4 is 15.5 Å². The van der Waals surface area contributed by atoms with Crippen molar-refractivity contribution < 1.29 is 14.5 Å². The Kier molecular flexibility index (Phi) is 7.19. The largest absolute Gasteiger partial charge is 0.342 e. The molecule has 1 rings (SSSR count). The normalized spacial score (nSPS) is 10.5. The summed E-state index contributed by atoms with van der Waals surface area (Å²) in [7, 11) is 0. The van der Waals surface area contributed by atoms with Gasteiger partial charge in [-0.05, 0) is 38.5 Å². The monoisotopic (exact) mass is 312 g/mol. The molecule has 6 heteroatoms. The van der Waals surface area contributed by atoms with Crippen LogP contribution >= 0.6 is 11.6 Å². The van der Waals surface area contributed by atoms with E-state index in [-0.39, 0.29) is 0 Å². The number of quaternary nitrogens is 1. The lowest BCUT2D eigenvalue weighted by molar-refractivity contribution is -0.895. The van der Waals surface area contributed by atoms with Gasteiger partial charge in [0.1, 0.15) is 0 Å². The van der Waals surface area contributed by atoms with Crippen LogP contribution in [0.3, 0.4) is 0 Å². The fourth-order valence-electron chi connectivity index (χ4n) is 1.94. The van der Waals surface area contributed by atoms with E-state index in [2.05, 4.69) is 24.5 Å². The van der Waals surface area contributed by atoms with Gasteiger partial charge in [-0.2, -0.15) is 0 Å². The number of hydrogen-bond acceptors (Lipinski definition) is 2. The van der Waals surface area contributed by atoms with Gasteiger partial charge in [-0.1, -0.05) is 17.7 Å². The Morgan fingerprint density at radius 2 is 1.86 bits per heavy atom. The van der Waals surface area contributed by atoms with Gasteiger partial charge in [0.15, 0.2) is 0 Å². The second kappa shape index (κ2) is 8.64. The maximum atomic E-state index is 11.8. The van der Waals surface area contributed by atoms with E-state index in [0.29, 0.717) is 17.3 Å². The van der Waals surface area contributed by atoms with Crippen molar-refractivity contribution in [1.29, 1.82) is 0 Å². The van der Waals surface area contributed by atoms with Crippen molar-refractivity contribution in [3.05, 3.63) is 28.8 Å². The van der Waals surface area contributed by atoms with Crippen molar-refractivity contribution in [3.63, 3.8) is 0 Å². The first-order valence-electron chi connectivity index (χ1n) is 7.16. The number of rotatable bonds is 6. The molecule has 2 amide bonds. The van der Waals surface area contributed by atoms with Gasteiger partial charge in [-0.15, -0.1) is 0 Å². The highest BCUT2D eigenvalue weighted by Crippen LogP contribution is 2.19. The van der Waals surface area contributed by atoms with Gasteiger partial charge in [0, 0.05) is 10.7 Å². The second-order valence-electron chi connectivity index (χ2n) is 4.88. The second-order valence-corrected chi connectivity index (χ2v) is 5.31. The van der Waals surface area contributed by atoms with Gasteiger partial charge >= 0.3 is 11.8 Å². The van der Waals surface area contributed by atoms with E-state index in [1.807, 2.05) is 6.92 Å². The molecule has 5 nitrogen and oxygen atoms in total. The van der Waals surface area contributed by atoms with Crippen LogP contribution in [0.5, 0.6) is 0 Å². The van der Waals surface area contributed by atoms with Crippen molar-refractivity contribution in [2.24, 2.45) is 0 Å². The summed E-state index contributed by atoms with van der Waals surface area (Å²) in [6.07, 6.45) is 0. The lowest BCUT2D eigenvalue weighted by atomic mass is 10.2. The summed E-state index contributed by atoms with van der Waals surface area (Å²) in [6, 6.07) is 5.15. The van der Waals surface area contributed by atoms with Crippen LogP contribution in [0, 0.1) is 6.92 Å². The topological polar surface area (TPSA) is 62.6 Å². The summed E-state index contributed by atoms with van der Waals surface area (Å²) >= 11 is 5.88. The number of carbonyl (C=O) groups is 2. The summed E-state index contributed by atoms with van der Waals surface area (Å²) in [5, 5.41) is 5.72. The number of hydrogen-bond donors (Lipinski definition) is 3. The summed E-state index contributed by atoms with van der Waals surface area (Å²) < 4.78 is 0. The van der Waals surface area contributed by atoms with Gasteiger partial charge in [0.25, 0.3) is 0 Å². The van der Waals surface area contributed by atoms with Gasteiger partial charge in [-0.3, -0.25) is 9.59 Å². The molecule has 0 spiro atoms. The highest BCUT2D eigenvalue weighted by atomic mass is 35.5. The lowest BCUT2D eigenvalue weighted by Crippen LogP contribution is -3.12. The van der Waals surface area contributed by atoms with Gasteiger partial charge < -0.3 is 15.5 Å². The number of benzene rings is 1. The molecule has 0 aliphatic rings. The predicted molar refractivity (Wildman–Crippen MR) is 84.7 cm³/mol. The smallest absolute Gasteiger partial charge is 0.313 e. The zero-order valence-electron chi connectivity index (χ0n) is 12.8. The van der Waals surface area contributed by atoms with Gasteiger partial charge in [0.2, 0.25) is 0 Å². The maximum absolute atomic E-state index is 11.8. The highest BCUT2D eigenvalue weighted by molar-refractivity contribution is 6.40. The first-order valence-corrected chi connectivity index (χ1v) is 7.54. The number of amides is 2. The lowest BCUT2D eigenvalue weighted by Gasteiger charge is -2.15. The van der Waals surface area contributed by atoms with Crippen LogP contribution in [0.2, 0.25) is 5.02 Å². The molecule has 1 aromatic rings. The average molecular weight is 313 g/mol. The van der Waals surface area contributed by atoms with E-state index in [1.165, 1.54) is 4.90 Å².